The van der Waals surface area contributed by atoms with Gasteiger partial charge >= 0.3 is 0 Å². The second-order valence-corrected chi connectivity index (χ2v) is 4.97. The summed E-state index contributed by atoms with van der Waals surface area (Å²) in [7, 11) is 0. The molecular weight excluding hydrogens is 299 g/mol. The van der Waals surface area contributed by atoms with Crippen LogP contribution in [0.5, 0.6) is 0 Å². The topological polar surface area (TPSA) is 41.1 Å². The molecule has 0 heterocycles. The number of hydrogen-bond donors (Lipinski definition) is 2. The van der Waals surface area contributed by atoms with Crippen LogP contribution >= 0.6 is 15.9 Å². The van der Waals surface area contributed by atoms with E-state index in [1.807, 2.05) is 13.0 Å². The van der Waals surface area contributed by atoms with Crippen LogP contribution in [0.4, 0.5) is 4.39 Å². The van der Waals surface area contributed by atoms with E-state index in [0.717, 1.165) is 23.0 Å². The Morgan fingerprint density at radius 1 is 1.33 bits per heavy atom. The zero-order chi connectivity index (χ0) is 13.4. The van der Waals surface area contributed by atoms with Crippen molar-refractivity contribution in [1.29, 1.82) is 0 Å². The van der Waals surface area contributed by atoms with Crippen molar-refractivity contribution in [3.05, 3.63) is 34.1 Å². The van der Waals surface area contributed by atoms with E-state index in [1.165, 1.54) is 12.1 Å². The zero-order valence-electron chi connectivity index (χ0n) is 10.4. The summed E-state index contributed by atoms with van der Waals surface area (Å²) in [6, 6.07) is 4.75. The first kappa shape index (κ1) is 15.1. The number of nitrogens with one attached hydrogen (secondary N) is 2. The summed E-state index contributed by atoms with van der Waals surface area (Å²) in [6.07, 6.45) is 1.38. The average molecular weight is 317 g/mol. The van der Waals surface area contributed by atoms with Crippen molar-refractivity contribution in [3.63, 3.8) is 0 Å². The third kappa shape index (κ3) is 6.12. The fourth-order valence-electron chi connectivity index (χ4n) is 1.50. The van der Waals surface area contributed by atoms with Gasteiger partial charge in [0.2, 0.25) is 5.91 Å². The van der Waals surface area contributed by atoms with E-state index in [2.05, 4.69) is 26.6 Å². The van der Waals surface area contributed by atoms with Crippen LogP contribution in [0.3, 0.4) is 0 Å². The summed E-state index contributed by atoms with van der Waals surface area (Å²) in [6.45, 7) is 3.87. The molecule has 0 aliphatic heterocycles. The Balaban J connectivity index is 2.23. The monoisotopic (exact) mass is 316 g/mol. The first-order valence-electron chi connectivity index (χ1n) is 6.04. The molecule has 2 N–H and O–H groups in total. The third-order valence-electron chi connectivity index (χ3n) is 2.35. The highest BCUT2D eigenvalue weighted by Gasteiger charge is 2.01. The Kier molecular flexibility index (Phi) is 6.90. The number of carbonyl (C=O) groups is 1. The molecule has 1 aromatic carbocycles. The number of amides is 1. The fraction of sp³-hybridized carbons (Fsp3) is 0.462. The molecule has 0 saturated heterocycles. The molecule has 0 aromatic heterocycles. The molecular formula is C13H18BrFN2O. The lowest BCUT2D eigenvalue weighted by Crippen LogP contribution is -2.28. The van der Waals surface area contributed by atoms with Gasteiger partial charge in [-0.3, -0.25) is 4.79 Å². The summed E-state index contributed by atoms with van der Waals surface area (Å²) < 4.78 is 13.8. The van der Waals surface area contributed by atoms with Gasteiger partial charge in [0.15, 0.2) is 0 Å². The van der Waals surface area contributed by atoms with Crippen LogP contribution in [0.1, 0.15) is 25.3 Å². The first-order valence-corrected chi connectivity index (χ1v) is 6.83. The van der Waals surface area contributed by atoms with Gasteiger partial charge in [0.25, 0.3) is 0 Å². The van der Waals surface area contributed by atoms with Crippen molar-refractivity contribution in [1.82, 2.24) is 10.6 Å². The largest absolute Gasteiger partial charge is 0.356 e. The van der Waals surface area contributed by atoms with Crippen LogP contribution in [-0.2, 0) is 11.3 Å². The highest BCUT2D eigenvalue weighted by molar-refractivity contribution is 9.10. The van der Waals surface area contributed by atoms with Crippen LogP contribution in [0.15, 0.2) is 22.7 Å². The SMILES string of the molecule is CCCNC(=O)CCNCc1cc(F)cc(Br)c1. The quantitative estimate of drug-likeness (QED) is 0.759. The van der Waals surface area contributed by atoms with E-state index in [9.17, 15) is 9.18 Å². The van der Waals surface area contributed by atoms with E-state index in [4.69, 9.17) is 0 Å². The van der Waals surface area contributed by atoms with Crippen molar-refractivity contribution < 1.29 is 9.18 Å². The zero-order valence-corrected chi connectivity index (χ0v) is 12.0. The van der Waals surface area contributed by atoms with Gasteiger partial charge < -0.3 is 10.6 Å². The molecule has 1 aromatic rings. The molecule has 0 fully saturated rings. The van der Waals surface area contributed by atoms with Gasteiger partial charge in [-0.25, -0.2) is 4.39 Å². The highest BCUT2D eigenvalue weighted by Crippen LogP contribution is 2.14. The van der Waals surface area contributed by atoms with Crippen LogP contribution < -0.4 is 10.6 Å². The number of rotatable bonds is 7. The summed E-state index contributed by atoms with van der Waals surface area (Å²) in [4.78, 5) is 11.3. The van der Waals surface area contributed by atoms with E-state index in [1.54, 1.807) is 0 Å². The predicted octanol–water partition coefficient (Wildman–Crippen LogP) is 2.59. The minimum atomic E-state index is -0.262. The summed E-state index contributed by atoms with van der Waals surface area (Å²) in [5.41, 5.74) is 0.857. The van der Waals surface area contributed by atoms with Crippen LogP contribution in [-0.4, -0.2) is 19.0 Å². The molecule has 5 heteroatoms. The van der Waals surface area contributed by atoms with Gasteiger partial charge in [0.05, 0.1) is 0 Å². The van der Waals surface area contributed by atoms with Crippen LogP contribution in [0.2, 0.25) is 0 Å². The lowest BCUT2D eigenvalue weighted by Gasteiger charge is -2.06. The number of halogens is 2. The molecule has 0 radical (unpaired) electrons. The maximum absolute atomic E-state index is 13.1. The Morgan fingerprint density at radius 3 is 2.78 bits per heavy atom. The summed E-state index contributed by atoms with van der Waals surface area (Å²) in [5, 5.41) is 5.92. The molecule has 0 atom stereocenters. The lowest BCUT2D eigenvalue weighted by molar-refractivity contribution is -0.120. The number of benzene rings is 1. The van der Waals surface area contributed by atoms with Crippen molar-refractivity contribution in [2.24, 2.45) is 0 Å². The molecule has 0 aliphatic rings. The molecule has 0 saturated carbocycles. The molecule has 100 valence electrons. The van der Waals surface area contributed by atoms with Gasteiger partial charge in [-0.1, -0.05) is 22.9 Å². The molecule has 0 aliphatic carbocycles. The first-order chi connectivity index (χ1) is 8.61. The van der Waals surface area contributed by atoms with Gasteiger partial charge in [0.1, 0.15) is 5.82 Å². The standard InChI is InChI=1S/C13H18BrFN2O/c1-2-4-17-13(18)3-5-16-9-10-6-11(14)8-12(15)7-10/h6-8,16H,2-5,9H2,1H3,(H,17,18). The van der Waals surface area contributed by atoms with Gasteiger partial charge in [0, 0.05) is 30.5 Å². The van der Waals surface area contributed by atoms with Gasteiger partial charge in [-0.05, 0) is 30.2 Å². The highest BCUT2D eigenvalue weighted by atomic mass is 79.9. The molecule has 0 unspecified atom stereocenters. The van der Waals surface area contributed by atoms with Gasteiger partial charge in [-0.15, -0.1) is 0 Å². The van der Waals surface area contributed by atoms with E-state index >= 15 is 0 Å². The Morgan fingerprint density at radius 2 is 2.11 bits per heavy atom. The fourth-order valence-corrected chi connectivity index (χ4v) is 2.01. The predicted molar refractivity (Wildman–Crippen MR) is 73.7 cm³/mol. The van der Waals surface area contributed by atoms with Crippen LogP contribution in [0, 0.1) is 5.82 Å². The Labute approximate surface area is 115 Å². The van der Waals surface area contributed by atoms with Crippen molar-refractivity contribution in [2.75, 3.05) is 13.1 Å². The average Bonchev–Trinajstić information content (AvgIpc) is 2.31. The third-order valence-corrected chi connectivity index (χ3v) is 2.81. The Hall–Kier alpha value is -0.940. The maximum Gasteiger partial charge on any atom is 0.221 e. The lowest BCUT2D eigenvalue weighted by atomic mass is 10.2. The molecule has 1 amide bonds. The summed E-state index contributed by atoms with van der Waals surface area (Å²) in [5.74, 6) is -0.216. The molecule has 1 rings (SSSR count). The van der Waals surface area contributed by atoms with E-state index < -0.39 is 0 Å². The minimum Gasteiger partial charge on any atom is -0.356 e. The van der Waals surface area contributed by atoms with E-state index in [-0.39, 0.29) is 11.7 Å². The molecule has 0 spiro atoms. The molecule has 3 nitrogen and oxygen atoms in total. The van der Waals surface area contributed by atoms with Crippen molar-refractivity contribution >= 4 is 21.8 Å². The summed E-state index contributed by atoms with van der Waals surface area (Å²) >= 11 is 3.24. The second-order valence-electron chi connectivity index (χ2n) is 4.05. The maximum atomic E-state index is 13.1. The number of hydrogen-bond acceptors (Lipinski definition) is 2. The van der Waals surface area contributed by atoms with Crippen molar-refractivity contribution in [2.45, 2.75) is 26.3 Å². The minimum absolute atomic E-state index is 0.0461. The molecule has 18 heavy (non-hydrogen) atoms. The van der Waals surface area contributed by atoms with Gasteiger partial charge in [-0.2, -0.15) is 0 Å². The normalized spacial score (nSPS) is 10.4. The second kappa shape index (κ2) is 8.21. The van der Waals surface area contributed by atoms with E-state index in [0.29, 0.717) is 19.5 Å². The van der Waals surface area contributed by atoms with Crippen molar-refractivity contribution in [3.8, 4) is 0 Å². The molecule has 0 bridgehead atoms. The smallest absolute Gasteiger partial charge is 0.221 e. The Bertz CT molecular complexity index is 378. The van der Waals surface area contributed by atoms with Crippen LogP contribution in [0.25, 0.3) is 0 Å². The number of carbonyl (C=O) groups excluding carboxylic acids is 1.